The minimum absolute atomic E-state index is 0.0820. The zero-order valence-electron chi connectivity index (χ0n) is 44.9. The van der Waals surface area contributed by atoms with Gasteiger partial charge in [-0.05, 0) is 64.2 Å². The molecular formula is C59H107NO10. The lowest BCUT2D eigenvalue weighted by Gasteiger charge is -2.41. The molecule has 8 atom stereocenters. The van der Waals surface area contributed by atoms with Gasteiger partial charge in [0.2, 0.25) is 5.91 Å². The molecule has 0 radical (unpaired) electrons. The number of carbonyl (C=O) groups excluding carboxylic acids is 2. The molecule has 0 spiro atoms. The summed E-state index contributed by atoms with van der Waals surface area (Å²) in [5.41, 5.74) is 0. The van der Waals surface area contributed by atoms with Crippen LogP contribution in [0.2, 0.25) is 0 Å². The molecule has 0 saturated carbocycles. The molecule has 11 heteroatoms. The molecule has 1 amide bonds. The van der Waals surface area contributed by atoms with Crippen LogP contribution in [0.15, 0.2) is 48.6 Å². The second-order valence-electron chi connectivity index (χ2n) is 20.0. The molecular weight excluding hydrogens is 883 g/mol. The fourth-order valence-corrected chi connectivity index (χ4v) is 8.81. The highest BCUT2D eigenvalue weighted by Crippen LogP contribution is 2.26. The summed E-state index contributed by atoms with van der Waals surface area (Å²) in [6.07, 6.45) is 46.0. The number of carbonyl (C=O) groups is 2. The average Bonchev–Trinajstić information content (AvgIpc) is 3.36. The highest BCUT2D eigenvalue weighted by Gasteiger charge is 2.47. The maximum absolute atomic E-state index is 13.3. The average molecular weight is 991 g/mol. The van der Waals surface area contributed by atoms with Crippen molar-refractivity contribution in [2.45, 2.75) is 301 Å². The number of hydrogen-bond acceptors (Lipinski definition) is 10. The molecule has 1 rings (SSSR count). The van der Waals surface area contributed by atoms with Crippen molar-refractivity contribution >= 4 is 11.9 Å². The van der Waals surface area contributed by atoms with E-state index in [4.69, 9.17) is 14.2 Å². The van der Waals surface area contributed by atoms with Crippen molar-refractivity contribution in [2.75, 3.05) is 13.2 Å². The van der Waals surface area contributed by atoms with Crippen molar-refractivity contribution in [3.63, 3.8) is 0 Å². The van der Waals surface area contributed by atoms with Gasteiger partial charge in [0.1, 0.15) is 24.4 Å². The molecule has 0 aromatic carbocycles. The molecule has 0 bridgehead atoms. The van der Waals surface area contributed by atoms with Gasteiger partial charge >= 0.3 is 5.97 Å². The third-order valence-corrected chi connectivity index (χ3v) is 13.5. The number of allylic oxidation sites excluding steroid dienone is 6. The van der Waals surface area contributed by atoms with E-state index in [2.05, 4.69) is 50.4 Å². The van der Waals surface area contributed by atoms with Gasteiger partial charge in [0.05, 0.1) is 25.4 Å². The molecule has 1 aliphatic heterocycles. The van der Waals surface area contributed by atoms with Crippen molar-refractivity contribution in [3.05, 3.63) is 48.6 Å². The van der Waals surface area contributed by atoms with Crippen LogP contribution in [0.3, 0.4) is 0 Å². The first kappa shape index (κ1) is 65.6. The van der Waals surface area contributed by atoms with Crippen LogP contribution in [0.1, 0.15) is 252 Å². The predicted molar refractivity (Wildman–Crippen MR) is 287 cm³/mol. The number of rotatable bonds is 48. The standard InChI is InChI=1S/C59H107NO10/c1-4-7-10-13-16-19-22-25-26-27-28-29-32-35-38-41-44-47-54(64)70-57-56(66)55(65)53(48-61)69-59(57)68-49-50(51(62)45-42-39-36-33-30-23-20-17-14-11-8-5-2)60-58(67)52(63)46-43-40-37-34-31-24-21-18-15-12-9-6-3/h25-26,31,34,40,42-43,45,50-53,55-57,59,61-63,65-66H,4-24,27-30,32-33,35-39,41,44,46-49H2,1-3H3,(H,60,67)/b26-25+,34-31-,43-40+,45-42+. The summed E-state index contributed by atoms with van der Waals surface area (Å²) in [6, 6.07) is -1.05. The van der Waals surface area contributed by atoms with Crippen molar-refractivity contribution in [3.8, 4) is 0 Å². The van der Waals surface area contributed by atoms with E-state index in [1.165, 1.54) is 148 Å². The first-order valence-electron chi connectivity index (χ1n) is 28.9. The number of amides is 1. The normalized spacial score (nSPS) is 20.0. The van der Waals surface area contributed by atoms with E-state index in [9.17, 15) is 35.1 Å². The van der Waals surface area contributed by atoms with Crippen molar-refractivity contribution < 1.29 is 49.3 Å². The Hall–Kier alpha value is -2.38. The van der Waals surface area contributed by atoms with Crippen LogP contribution in [0.5, 0.6) is 0 Å². The van der Waals surface area contributed by atoms with Gasteiger partial charge in [0.15, 0.2) is 12.4 Å². The van der Waals surface area contributed by atoms with Gasteiger partial charge in [-0.25, -0.2) is 0 Å². The van der Waals surface area contributed by atoms with Gasteiger partial charge in [-0.2, -0.15) is 0 Å². The smallest absolute Gasteiger partial charge is 0.306 e. The molecule has 1 heterocycles. The zero-order valence-corrected chi connectivity index (χ0v) is 44.9. The fourth-order valence-electron chi connectivity index (χ4n) is 8.81. The lowest BCUT2D eigenvalue weighted by atomic mass is 9.99. The number of ether oxygens (including phenoxy) is 3. The lowest BCUT2D eigenvalue weighted by molar-refractivity contribution is -0.305. The summed E-state index contributed by atoms with van der Waals surface area (Å²) < 4.78 is 17.5. The minimum Gasteiger partial charge on any atom is -0.454 e. The van der Waals surface area contributed by atoms with Gasteiger partial charge in [-0.3, -0.25) is 9.59 Å². The molecule has 11 nitrogen and oxygen atoms in total. The molecule has 408 valence electrons. The highest BCUT2D eigenvalue weighted by atomic mass is 16.7. The van der Waals surface area contributed by atoms with Crippen LogP contribution >= 0.6 is 0 Å². The number of esters is 1. The van der Waals surface area contributed by atoms with E-state index >= 15 is 0 Å². The zero-order chi connectivity index (χ0) is 51.1. The second-order valence-corrected chi connectivity index (χ2v) is 20.0. The number of unbranched alkanes of at least 4 members (excludes halogenated alkanes) is 29. The Morgan fingerprint density at radius 1 is 0.557 bits per heavy atom. The maximum atomic E-state index is 13.3. The van der Waals surface area contributed by atoms with Crippen LogP contribution in [0, 0.1) is 0 Å². The first-order chi connectivity index (χ1) is 34.2. The van der Waals surface area contributed by atoms with E-state index in [1.807, 2.05) is 12.2 Å². The molecule has 8 unspecified atom stereocenters. The molecule has 1 fully saturated rings. The van der Waals surface area contributed by atoms with E-state index in [1.54, 1.807) is 12.2 Å². The number of aliphatic hydroxyl groups excluding tert-OH is 5. The number of nitrogens with one attached hydrogen (secondary N) is 1. The Bertz CT molecular complexity index is 1320. The van der Waals surface area contributed by atoms with Gasteiger partial charge < -0.3 is 45.1 Å². The Morgan fingerprint density at radius 2 is 0.986 bits per heavy atom. The third-order valence-electron chi connectivity index (χ3n) is 13.5. The summed E-state index contributed by atoms with van der Waals surface area (Å²) in [4.78, 5) is 26.4. The molecule has 70 heavy (non-hydrogen) atoms. The van der Waals surface area contributed by atoms with Crippen molar-refractivity contribution in [1.29, 1.82) is 0 Å². The van der Waals surface area contributed by atoms with Gasteiger partial charge in [-0.15, -0.1) is 0 Å². The van der Waals surface area contributed by atoms with E-state index in [-0.39, 0.29) is 19.4 Å². The van der Waals surface area contributed by atoms with Crippen LogP contribution in [0.25, 0.3) is 0 Å². The summed E-state index contributed by atoms with van der Waals surface area (Å²) in [7, 11) is 0. The van der Waals surface area contributed by atoms with Gasteiger partial charge in [0, 0.05) is 12.8 Å². The fraction of sp³-hybridized carbons (Fsp3) is 0.831. The van der Waals surface area contributed by atoms with E-state index < -0.39 is 67.4 Å². The molecule has 1 saturated heterocycles. The minimum atomic E-state index is -1.62. The van der Waals surface area contributed by atoms with Gasteiger partial charge in [-0.1, -0.05) is 223 Å². The maximum Gasteiger partial charge on any atom is 0.306 e. The van der Waals surface area contributed by atoms with Crippen LogP contribution in [-0.4, -0.2) is 99.6 Å². The largest absolute Gasteiger partial charge is 0.454 e. The molecule has 1 aliphatic rings. The number of aliphatic hydroxyl groups is 5. The summed E-state index contributed by atoms with van der Waals surface area (Å²) in [5, 5.41) is 56.6. The van der Waals surface area contributed by atoms with Crippen molar-refractivity contribution in [2.24, 2.45) is 0 Å². The molecule has 0 aliphatic carbocycles. The summed E-state index contributed by atoms with van der Waals surface area (Å²) in [6.45, 7) is 5.72. The second kappa shape index (κ2) is 47.6. The Morgan fingerprint density at radius 3 is 1.47 bits per heavy atom. The van der Waals surface area contributed by atoms with Crippen molar-refractivity contribution in [1.82, 2.24) is 5.32 Å². The summed E-state index contributed by atoms with van der Waals surface area (Å²) >= 11 is 0. The van der Waals surface area contributed by atoms with Crippen LogP contribution in [0.4, 0.5) is 0 Å². The number of hydrogen-bond donors (Lipinski definition) is 6. The van der Waals surface area contributed by atoms with E-state index in [0.29, 0.717) is 12.8 Å². The molecule has 0 aromatic rings. The third kappa shape index (κ3) is 35.7. The molecule has 6 N–H and O–H groups in total. The monoisotopic (exact) mass is 990 g/mol. The SMILES string of the molecule is CCCCCCCC/C=C\C/C=C/CC(O)C(=O)NC(COC1OC(CO)C(O)C(O)C1OC(=O)CCCCCCCCC/C=C/CCCCCCCC)C(O)/C=C/CCCCCCCCCCCC. The van der Waals surface area contributed by atoms with E-state index in [0.717, 1.165) is 57.8 Å². The quantitative estimate of drug-likeness (QED) is 0.0196. The van der Waals surface area contributed by atoms with Crippen LogP contribution < -0.4 is 5.32 Å². The van der Waals surface area contributed by atoms with Crippen LogP contribution in [-0.2, 0) is 23.8 Å². The Kier molecular flexibility index (Phi) is 44.6. The van der Waals surface area contributed by atoms with Gasteiger partial charge in [0.25, 0.3) is 0 Å². The Labute approximate surface area is 427 Å². The topological polar surface area (TPSA) is 175 Å². The predicted octanol–water partition coefficient (Wildman–Crippen LogP) is 12.9. The lowest BCUT2D eigenvalue weighted by Crippen LogP contribution is -2.61. The highest BCUT2D eigenvalue weighted by molar-refractivity contribution is 5.81. The summed E-state index contributed by atoms with van der Waals surface area (Å²) in [5.74, 6) is -1.27. The first-order valence-corrected chi connectivity index (χ1v) is 28.9. The molecule has 0 aromatic heterocycles. The Balaban J connectivity index is 2.75.